The fraction of sp³-hybridized carbons (Fsp3) is 0.400. The zero-order chi connectivity index (χ0) is 8.97. The van der Waals surface area contributed by atoms with Crippen molar-refractivity contribution >= 4 is 11.8 Å². The van der Waals surface area contributed by atoms with Crippen LogP contribution in [0.15, 0.2) is 29.2 Å². The molecule has 0 bridgehead atoms. The lowest BCUT2D eigenvalue weighted by Gasteiger charge is -2.07. The third-order valence-corrected chi connectivity index (χ3v) is 2.63. The highest BCUT2D eigenvalue weighted by molar-refractivity contribution is 7.98. The van der Waals surface area contributed by atoms with Crippen molar-refractivity contribution in [2.24, 2.45) is 0 Å². The Bertz CT molecular complexity index is 230. The molecule has 1 aromatic carbocycles. The maximum atomic E-state index is 9.49. The summed E-state index contributed by atoms with van der Waals surface area (Å²) in [6.07, 6.45) is 2.52. The fourth-order valence-corrected chi connectivity index (χ4v) is 1.47. The van der Waals surface area contributed by atoms with Gasteiger partial charge in [-0.3, -0.25) is 0 Å². The van der Waals surface area contributed by atoms with Gasteiger partial charge >= 0.3 is 0 Å². The summed E-state index contributed by atoms with van der Waals surface area (Å²) in [4.78, 5) is 1.24. The molecule has 2 heteroatoms. The summed E-state index contributed by atoms with van der Waals surface area (Å²) >= 11 is 1.72. The number of benzene rings is 1. The van der Waals surface area contributed by atoms with Gasteiger partial charge in [0.2, 0.25) is 0 Å². The van der Waals surface area contributed by atoms with Crippen molar-refractivity contribution in [3.8, 4) is 0 Å². The van der Waals surface area contributed by atoms with Gasteiger partial charge in [-0.1, -0.05) is 19.1 Å². The number of thioether (sulfide) groups is 1. The molecule has 0 aromatic heterocycles. The van der Waals surface area contributed by atoms with E-state index in [0.717, 1.165) is 12.0 Å². The van der Waals surface area contributed by atoms with Crippen molar-refractivity contribution in [3.63, 3.8) is 0 Å². The molecule has 1 N–H and O–H groups in total. The van der Waals surface area contributed by atoms with Crippen molar-refractivity contribution in [3.05, 3.63) is 29.8 Å². The molecule has 1 rings (SSSR count). The van der Waals surface area contributed by atoms with E-state index in [1.165, 1.54) is 4.90 Å². The quantitative estimate of drug-likeness (QED) is 0.725. The molecule has 0 unspecified atom stereocenters. The molecule has 0 radical (unpaired) electrons. The average molecular weight is 182 g/mol. The minimum Gasteiger partial charge on any atom is -0.388 e. The van der Waals surface area contributed by atoms with Crippen LogP contribution in [-0.2, 0) is 0 Å². The van der Waals surface area contributed by atoms with Crippen LogP contribution < -0.4 is 0 Å². The Labute approximate surface area is 77.8 Å². The summed E-state index contributed by atoms with van der Waals surface area (Å²) in [5, 5.41) is 9.49. The Hall–Kier alpha value is -0.470. The van der Waals surface area contributed by atoms with Crippen LogP contribution in [0.2, 0.25) is 0 Å². The van der Waals surface area contributed by atoms with Crippen molar-refractivity contribution in [2.75, 3.05) is 6.26 Å². The predicted octanol–water partition coefficient (Wildman–Crippen LogP) is 2.85. The SMILES string of the molecule is CC[C@@H](O)c1ccc(SC)cc1. The molecule has 1 nitrogen and oxygen atoms in total. The summed E-state index contributed by atoms with van der Waals surface area (Å²) in [7, 11) is 0. The van der Waals surface area contributed by atoms with Gasteiger partial charge in [-0.05, 0) is 30.4 Å². The number of hydrogen-bond donors (Lipinski definition) is 1. The van der Waals surface area contributed by atoms with Crippen LogP contribution in [0.5, 0.6) is 0 Å². The summed E-state index contributed by atoms with van der Waals surface area (Å²) in [6, 6.07) is 8.05. The first-order valence-corrected chi connectivity index (χ1v) is 5.32. The van der Waals surface area contributed by atoms with Gasteiger partial charge in [0.05, 0.1) is 6.10 Å². The second-order valence-corrected chi connectivity index (χ2v) is 3.58. The number of aliphatic hydroxyl groups excluding tert-OH is 1. The fourth-order valence-electron chi connectivity index (χ4n) is 1.06. The maximum absolute atomic E-state index is 9.49. The van der Waals surface area contributed by atoms with Gasteiger partial charge < -0.3 is 5.11 Å². The minimum absolute atomic E-state index is 0.305. The standard InChI is InChI=1S/C10H14OS/c1-3-10(11)8-4-6-9(12-2)7-5-8/h4-7,10-11H,3H2,1-2H3/t10-/m1/s1. The summed E-state index contributed by atoms with van der Waals surface area (Å²) in [6.45, 7) is 1.98. The highest BCUT2D eigenvalue weighted by atomic mass is 32.2. The van der Waals surface area contributed by atoms with Crippen molar-refractivity contribution in [1.82, 2.24) is 0 Å². The Morgan fingerprint density at radius 3 is 2.33 bits per heavy atom. The summed E-state index contributed by atoms with van der Waals surface area (Å²) < 4.78 is 0. The van der Waals surface area contributed by atoms with E-state index in [1.54, 1.807) is 11.8 Å². The van der Waals surface area contributed by atoms with Crippen LogP contribution in [0.4, 0.5) is 0 Å². The number of aliphatic hydroxyl groups is 1. The van der Waals surface area contributed by atoms with Crippen LogP contribution in [0.3, 0.4) is 0 Å². The second kappa shape index (κ2) is 4.53. The molecule has 0 amide bonds. The Morgan fingerprint density at radius 1 is 1.33 bits per heavy atom. The molecule has 0 saturated heterocycles. The Balaban J connectivity index is 2.77. The third kappa shape index (κ3) is 2.26. The smallest absolute Gasteiger partial charge is 0.0787 e. The van der Waals surface area contributed by atoms with E-state index in [1.807, 2.05) is 37.4 Å². The van der Waals surface area contributed by atoms with Crippen molar-refractivity contribution in [1.29, 1.82) is 0 Å². The third-order valence-electron chi connectivity index (χ3n) is 1.89. The molecule has 66 valence electrons. The zero-order valence-corrected chi connectivity index (χ0v) is 8.27. The normalized spacial score (nSPS) is 12.9. The lowest BCUT2D eigenvalue weighted by atomic mass is 10.1. The molecular formula is C10H14OS. The van der Waals surface area contributed by atoms with E-state index in [-0.39, 0.29) is 6.10 Å². The topological polar surface area (TPSA) is 20.2 Å². The van der Waals surface area contributed by atoms with E-state index in [2.05, 4.69) is 0 Å². The molecule has 0 saturated carbocycles. The monoisotopic (exact) mass is 182 g/mol. The van der Waals surface area contributed by atoms with E-state index in [4.69, 9.17) is 0 Å². The predicted molar refractivity (Wildman–Crippen MR) is 53.5 cm³/mol. The van der Waals surface area contributed by atoms with Gasteiger partial charge in [0, 0.05) is 4.90 Å². The van der Waals surface area contributed by atoms with Gasteiger partial charge in [-0.2, -0.15) is 0 Å². The van der Waals surface area contributed by atoms with Crippen LogP contribution in [0.1, 0.15) is 25.0 Å². The van der Waals surface area contributed by atoms with Crippen LogP contribution in [-0.4, -0.2) is 11.4 Å². The van der Waals surface area contributed by atoms with Gasteiger partial charge in [-0.15, -0.1) is 11.8 Å². The lowest BCUT2D eigenvalue weighted by Crippen LogP contribution is -1.93. The van der Waals surface area contributed by atoms with Gasteiger partial charge in [0.1, 0.15) is 0 Å². The second-order valence-electron chi connectivity index (χ2n) is 2.70. The zero-order valence-electron chi connectivity index (χ0n) is 7.45. The van der Waals surface area contributed by atoms with Gasteiger partial charge in [0.25, 0.3) is 0 Å². The maximum Gasteiger partial charge on any atom is 0.0787 e. The molecule has 1 aromatic rings. The molecule has 1 atom stereocenters. The first-order chi connectivity index (χ1) is 5.77. The number of hydrogen-bond acceptors (Lipinski definition) is 2. The summed E-state index contributed by atoms with van der Waals surface area (Å²) in [5.74, 6) is 0. The molecule has 0 aliphatic carbocycles. The van der Waals surface area contributed by atoms with Gasteiger partial charge in [-0.25, -0.2) is 0 Å². The molecule has 0 spiro atoms. The summed E-state index contributed by atoms with van der Waals surface area (Å²) in [5.41, 5.74) is 1.01. The first-order valence-electron chi connectivity index (χ1n) is 4.10. The van der Waals surface area contributed by atoms with E-state index in [0.29, 0.717) is 0 Å². The van der Waals surface area contributed by atoms with Crippen LogP contribution in [0.25, 0.3) is 0 Å². The van der Waals surface area contributed by atoms with Crippen LogP contribution >= 0.6 is 11.8 Å². The Morgan fingerprint density at radius 2 is 1.92 bits per heavy atom. The number of rotatable bonds is 3. The van der Waals surface area contributed by atoms with E-state index in [9.17, 15) is 5.11 Å². The van der Waals surface area contributed by atoms with Crippen LogP contribution in [0, 0.1) is 0 Å². The van der Waals surface area contributed by atoms with Gasteiger partial charge in [0.15, 0.2) is 0 Å². The molecule has 0 fully saturated rings. The first kappa shape index (κ1) is 9.62. The minimum atomic E-state index is -0.305. The average Bonchev–Trinajstić information content (AvgIpc) is 2.17. The molecule has 12 heavy (non-hydrogen) atoms. The van der Waals surface area contributed by atoms with Crippen molar-refractivity contribution < 1.29 is 5.11 Å². The molecule has 0 aliphatic heterocycles. The molecular weight excluding hydrogens is 168 g/mol. The highest BCUT2D eigenvalue weighted by Gasteiger charge is 2.02. The highest BCUT2D eigenvalue weighted by Crippen LogP contribution is 2.20. The van der Waals surface area contributed by atoms with E-state index < -0.39 is 0 Å². The lowest BCUT2D eigenvalue weighted by molar-refractivity contribution is 0.173. The Kier molecular flexibility index (Phi) is 3.63. The van der Waals surface area contributed by atoms with Crippen molar-refractivity contribution in [2.45, 2.75) is 24.3 Å². The van der Waals surface area contributed by atoms with E-state index >= 15 is 0 Å². The largest absolute Gasteiger partial charge is 0.388 e. The molecule has 0 heterocycles. The molecule has 0 aliphatic rings.